The van der Waals surface area contributed by atoms with Gasteiger partial charge in [0.1, 0.15) is 6.54 Å². The Hall–Kier alpha value is -3.02. The van der Waals surface area contributed by atoms with Crippen molar-refractivity contribution in [2.75, 3.05) is 32.7 Å². The number of hydrogen-bond acceptors (Lipinski definition) is 8. The number of esters is 1. The molecule has 1 saturated heterocycles. The average Bonchev–Trinajstić information content (AvgIpc) is 3.07. The smallest absolute Gasteiger partial charge is 0.339 e. The van der Waals surface area contributed by atoms with Crippen LogP contribution >= 0.6 is 39.3 Å². The summed E-state index contributed by atoms with van der Waals surface area (Å²) in [6.45, 7) is 1.73. The molecule has 0 saturated carbocycles. The fraction of sp³-hybridized carbons (Fsp3) is 0.217. The molecular weight excluding hydrogens is 564 g/mol. The van der Waals surface area contributed by atoms with Gasteiger partial charge in [-0.1, -0.05) is 11.6 Å². The zero-order valence-corrected chi connectivity index (χ0v) is 22.0. The SMILES string of the molecule is CCOc1cc(/C=C2/SC(=O)N(CC(=O)Nc3ccc(Cl)c(C(=O)OC)c3)C2=O)cc(Br)c1OC. The minimum Gasteiger partial charge on any atom is -0.492 e. The molecule has 184 valence electrons. The van der Waals surface area contributed by atoms with Gasteiger partial charge in [0.2, 0.25) is 5.91 Å². The van der Waals surface area contributed by atoms with E-state index >= 15 is 0 Å². The van der Waals surface area contributed by atoms with Gasteiger partial charge in [0, 0.05) is 5.69 Å². The Morgan fingerprint density at radius 3 is 2.60 bits per heavy atom. The van der Waals surface area contributed by atoms with Crippen molar-refractivity contribution in [3.05, 3.63) is 55.9 Å². The molecule has 3 amide bonds. The van der Waals surface area contributed by atoms with Gasteiger partial charge in [0.25, 0.3) is 11.1 Å². The van der Waals surface area contributed by atoms with Gasteiger partial charge in [-0.25, -0.2) is 4.79 Å². The zero-order valence-electron chi connectivity index (χ0n) is 18.8. The van der Waals surface area contributed by atoms with Crippen molar-refractivity contribution < 1.29 is 33.4 Å². The van der Waals surface area contributed by atoms with E-state index in [0.29, 0.717) is 28.1 Å². The zero-order chi connectivity index (χ0) is 25.7. The minimum atomic E-state index is -0.667. The summed E-state index contributed by atoms with van der Waals surface area (Å²) in [6, 6.07) is 7.67. The highest BCUT2D eigenvalue weighted by molar-refractivity contribution is 9.10. The van der Waals surface area contributed by atoms with Gasteiger partial charge in [-0.05, 0) is 76.6 Å². The van der Waals surface area contributed by atoms with Crippen molar-refractivity contribution in [3.8, 4) is 11.5 Å². The monoisotopic (exact) mass is 582 g/mol. The number of nitrogens with one attached hydrogen (secondary N) is 1. The number of hydrogen-bond donors (Lipinski definition) is 1. The van der Waals surface area contributed by atoms with Crippen LogP contribution in [0.2, 0.25) is 5.02 Å². The molecule has 12 heteroatoms. The topological polar surface area (TPSA) is 111 Å². The van der Waals surface area contributed by atoms with Gasteiger partial charge in [0.15, 0.2) is 11.5 Å². The van der Waals surface area contributed by atoms with Crippen LogP contribution in [0.25, 0.3) is 6.08 Å². The van der Waals surface area contributed by atoms with Gasteiger partial charge >= 0.3 is 5.97 Å². The first-order valence-corrected chi connectivity index (χ1v) is 12.1. The molecular formula is C23H20BrClN2O7S. The van der Waals surface area contributed by atoms with Crippen LogP contribution in [-0.2, 0) is 14.3 Å². The molecule has 2 aromatic carbocycles. The van der Waals surface area contributed by atoms with Crippen LogP contribution in [0.1, 0.15) is 22.8 Å². The maximum absolute atomic E-state index is 12.8. The third-order valence-corrected chi connectivity index (χ3v) is 6.49. The molecule has 0 aliphatic carbocycles. The summed E-state index contributed by atoms with van der Waals surface area (Å²) in [5, 5.41) is 2.12. The number of ether oxygens (including phenoxy) is 3. The molecule has 0 atom stereocenters. The normalized spacial score (nSPS) is 14.3. The second-order valence-corrected chi connectivity index (χ2v) is 9.22. The molecule has 1 aliphatic heterocycles. The Morgan fingerprint density at radius 1 is 1.20 bits per heavy atom. The van der Waals surface area contributed by atoms with Crippen molar-refractivity contribution >= 4 is 74.1 Å². The molecule has 35 heavy (non-hydrogen) atoms. The second kappa shape index (κ2) is 11.6. The molecule has 0 aromatic heterocycles. The maximum atomic E-state index is 12.8. The van der Waals surface area contributed by atoms with Crippen LogP contribution < -0.4 is 14.8 Å². The highest BCUT2D eigenvalue weighted by atomic mass is 79.9. The first-order chi connectivity index (χ1) is 16.7. The largest absolute Gasteiger partial charge is 0.492 e. The quantitative estimate of drug-likeness (QED) is 0.343. The van der Waals surface area contributed by atoms with E-state index in [1.54, 1.807) is 12.1 Å². The number of nitrogens with zero attached hydrogens (tertiary/aromatic N) is 1. The predicted octanol–water partition coefficient (Wildman–Crippen LogP) is 4.97. The summed E-state index contributed by atoms with van der Waals surface area (Å²) in [5.41, 5.74) is 0.930. The van der Waals surface area contributed by atoms with E-state index in [1.807, 2.05) is 6.92 Å². The Balaban J connectivity index is 1.75. The van der Waals surface area contributed by atoms with Gasteiger partial charge in [-0.15, -0.1) is 0 Å². The van der Waals surface area contributed by atoms with E-state index in [4.69, 9.17) is 21.1 Å². The van der Waals surface area contributed by atoms with Gasteiger partial charge in [-0.2, -0.15) is 0 Å². The van der Waals surface area contributed by atoms with E-state index < -0.39 is 29.6 Å². The summed E-state index contributed by atoms with van der Waals surface area (Å²) in [5.74, 6) is -0.918. The molecule has 1 aliphatic rings. The van der Waals surface area contributed by atoms with E-state index in [9.17, 15) is 19.2 Å². The number of rotatable bonds is 8. The molecule has 1 fully saturated rings. The predicted molar refractivity (Wildman–Crippen MR) is 136 cm³/mol. The minimum absolute atomic E-state index is 0.0677. The van der Waals surface area contributed by atoms with Crippen molar-refractivity contribution in [1.29, 1.82) is 0 Å². The average molecular weight is 584 g/mol. The molecule has 1 heterocycles. The molecule has 2 aromatic rings. The molecule has 3 rings (SSSR count). The Labute approximate surface area is 218 Å². The van der Waals surface area contributed by atoms with E-state index in [-0.39, 0.29) is 21.2 Å². The van der Waals surface area contributed by atoms with Crippen LogP contribution in [0.5, 0.6) is 11.5 Å². The number of methoxy groups -OCH3 is 2. The van der Waals surface area contributed by atoms with Crippen molar-refractivity contribution in [1.82, 2.24) is 4.90 Å². The lowest BCUT2D eigenvalue weighted by atomic mass is 10.2. The first-order valence-electron chi connectivity index (χ1n) is 10.1. The van der Waals surface area contributed by atoms with Crippen LogP contribution in [0.15, 0.2) is 39.7 Å². The first kappa shape index (κ1) is 26.6. The standard InChI is InChI=1S/C23H20BrClN2O7S/c1-4-34-17-8-12(7-15(24)20(17)32-2)9-18-21(29)27(23(31)35-18)11-19(28)26-13-5-6-16(25)14(10-13)22(30)33-3/h5-10H,4,11H2,1-3H3,(H,26,28)/b18-9+. The number of imide groups is 1. The second-order valence-electron chi connectivity index (χ2n) is 6.97. The van der Waals surface area contributed by atoms with Crippen LogP contribution in [0.4, 0.5) is 10.5 Å². The maximum Gasteiger partial charge on any atom is 0.339 e. The number of carbonyl (C=O) groups is 4. The molecule has 9 nitrogen and oxygen atoms in total. The van der Waals surface area contributed by atoms with Gasteiger partial charge in [0.05, 0.1) is 40.8 Å². The number of thioether (sulfide) groups is 1. The lowest BCUT2D eigenvalue weighted by molar-refractivity contribution is -0.127. The van der Waals surface area contributed by atoms with E-state index in [0.717, 1.165) is 16.7 Å². The lowest BCUT2D eigenvalue weighted by Crippen LogP contribution is -2.36. The third-order valence-electron chi connectivity index (χ3n) is 4.66. The molecule has 0 bridgehead atoms. The number of amides is 3. The van der Waals surface area contributed by atoms with E-state index in [1.165, 1.54) is 38.5 Å². The number of carbonyl (C=O) groups excluding carboxylic acids is 4. The van der Waals surface area contributed by atoms with E-state index in [2.05, 4.69) is 26.0 Å². The van der Waals surface area contributed by atoms with Gasteiger partial charge in [-0.3, -0.25) is 19.3 Å². The Kier molecular flexibility index (Phi) is 8.82. The fourth-order valence-corrected chi connectivity index (χ4v) is 4.79. The summed E-state index contributed by atoms with van der Waals surface area (Å²) in [6.07, 6.45) is 1.54. The molecule has 1 N–H and O–H groups in total. The highest BCUT2D eigenvalue weighted by Crippen LogP contribution is 2.39. The Bertz CT molecular complexity index is 1230. The van der Waals surface area contributed by atoms with Crippen LogP contribution in [0, 0.1) is 0 Å². The van der Waals surface area contributed by atoms with Crippen molar-refractivity contribution in [2.45, 2.75) is 6.92 Å². The number of benzene rings is 2. The summed E-state index contributed by atoms with van der Waals surface area (Å²) in [7, 11) is 2.72. The number of halogens is 2. The highest BCUT2D eigenvalue weighted by Gasteiger charge is 2.36. The molecule has 0 radical (unpaired) electrons. The lowest BCUT2D eigenvalue weighted by Gasteiger charge is -2.13. The summed E-state index contributed by atoms with van der Waals surface area (Å²) >= 11 is 10.1. The fourth-order valence-electron chi connectivity index (χ4n) is 3.13. The molecule has 0 unspecified atom stereocenters. The summed E-state index contributed by atoms with van der Waals surface area (Å²) in [4.78, 5) is 50.6. The van der Waals surface area contributed by atoms with Gasteiger partial charge < -0.3 is 19.5 Å². The van der Waals surface area contributed by atoms with Crippen molar-refractivity contribution in [3.63, 3.8) is 0 Å². The van der Waals surface area contributed by atoms with Crippen molar-refractivity contribution in [2.24, 2.45) is 0 Å². The van der Waals surface area contributed by atoms with Crippen LogP contribution in [0.3, 0.4) is 0 Å². The molecule has 0 spiro atoms. The number of anilines is 1. The summed E-state index contributed by atoms with van der Waals surface area (Å²) < 4.78 is 16.2. The van der Waals surface area contributed by atoms with Crippen LogP contribution in [-0.4, -0.2) is 55.3 Å². The Morgan fingerprint density at radius 2 is 1.94 bits per heavy atom. The third kappa shape index (κ3) is 6.16.